The van der Waals surface area contributed by atoms with E-state index in [4.69, 9.17) is 5.73 Å². The Bertz CT molecular complexity index is 710. The number of carbonyl (C=O) groups excluding carboxylic acids is 1. The van der Waals surface area contributed by atoms with Gasteiger partial charge < -0.3 is 11.1 Å². The summed E-state index contributed by atoms with van der Waals surface area (Å²) in [5.41, 5.74) is 7.09. The molecule has 1 aromatic heterocycles. The van der Waals surface area contributed by atoms with E-state index in [0.717, 1.165) is 6.42 Å². The van der Waals surface area contributed by atoms with Gasteiger partial charge >= 0.3 is 0 Å². The van der Waals surface area contributed by atoms with Crippen LogP contribution in [0.4, 0.5) is 10.1 Å². The maximum atomic E-state index is 13.9. The fourth-order valence-electron chi connectivity index (χ4n) is 2.65. The van der Waals surface area contributed by atoms with Crippen molar-refractivity contribution in [1.82, 2.24) is 10.2 Å². The average Bonchev–Trinajstić information content (AvgIpc) is 3.09. The third-order valence-corrected chi connectivity index (χ3v) is 3.71. The molecule has 2 aromatic rings. The van der Waals surface area contributed by atoms with Crippen molar-refractivity contribution < 1.29 is 9.18 Å². The van der Waals surface area contributed by atoms with Gasteiger partial charge in [-0.1, -0.05) is 24.3 Å². The van der Waals surface area contributed by atoms with Crippen LogP contribution in [0.1, 0.15) is 12.8 Å². The van der Waals surface area contributed by atoms with Crippen molar-refractivity contribution in [2.45, 2.75) is 18.9 Å². The van der Waals surface area contributed by atoms with Crippen LogP contribution in [0.15, 0.2) is 42.6 Å². The minimum Gasteiger partial charge on any atom is -0.324 e. The maximum absolute atomic E-state index is 13.9. The van der Waals surface area contributed by atoms with Crippen molar-refractivity contribution in [3.05, 3.63) is 48.4 Å². The maximum Gasteiger partial charge on any atom is 0.225 e. The molecule has 1 amide bonds. The first-order valence-electron chi connectivity index (χ1n) is 7.15. The van der Waals surface area contributed by atoms with Gasteiger partial charge in [-0.05, 0) is 24.5 Å². The lowest BCUT2D eigenvalue weighted by Gasteiger charge is -2.10. The number of nitrogens with one attached hydrogen (secondary N) is 2. The standard InChI is InChI=1S/C16H17FN4O/c17-13-4-2-1-3-12(13)16-14(9-19-21-16)20-15(22)8-10-5-6-11(18)7-10/h1-6,9-11H,7-8,18H2,(H,19,21)(H,20,22)/t10-,11+/m0/s1. The molecule has 1 aromatic carbocycles. The van der Waals surface area contributed by atoms with Crippen molar-refractivity contribution in [3.63, 3.8) is 0 Å². The van der Waals surface area contributed by atoms with E-state index < -0.39 is 0 Å². The molecule has 2 atom stereocenters. The normalized spacial score (nSPS) is 20.3. The quantitative estimate of drug-likeness (QED) is 0.758. The predicted molar refractivity (Wildman–Crippen MR) is 82.5 cm³/mol. The van der Waals surface area contributed by atoms with E-state index in [9.17, 15) is 9.18 Å². The Balaban J connectivity index is 1.72. The van der Waals surface area contributed by atoms with Gasteiger partial charge in [-0.15, -0.1) is 0 Å². The summed E-state index contributed by atoms with van der Waals surface area (Å²) in [5.74, 6) is -0.353. The number of H-pyrrole nitrogens is 1. The molecular formula is C16H17FN4O. The number of allylic oxidation sites excluding steroid dienone is 1. The first kappa shape index (κ1) is 14.5. The minimum atomic E-state index is -0.369. The van der Waals surface area contributed by atoms with Crippen molar-refractivity contribution >= 4 is 11.6 Å². The SMILES string of the molecule is N[C@@H]1C=C[C@H](CC(=O)Nc2cn[nH]c2-c2ccccc2F)C1. The van der Waals surface area contributed by atoms with Gasteiger partial charge in [0.1, 0.15) is 5.82 Å². The monoisotopic (exact) mass is 300 g/mol. The second kappa shape index (κ2) is 6.11. The summed E-state index contributed by atoms with van der Waals surface area (Å²) < 4.78 is 13.9. The van der Waals surface area contributed by atoms with Crippen LogP contribution in [0, 0.1) is 11.7 Å². The number of hydrogen-bond acceptors (Lipinski definition) is 3. The molecule has 0 aliphatic heterocycles. The van der Waals surface area contributed by atoms with Crippen LogP contribution in [0.2, 0.25) is 0 Å². The molecule has 0 saturated heterocycles. The van der Waals surface area contributed by atoms with Crippen molar-refractivity contribution in [2.75, 3.05) is 5.32 Å². The number of benzene rings is 1. The van der Waals surface area contributed by atoms with Gasteiger partial charge in [0.05, 0.1) is 17.6 Å². The Morgan fingerprint density at radius 3 is 2.95 bits per heavy atom. The molecule has 114 valence electrons. The van der Waals surface area contributed by atoms with Crippen molar-refractivity contribution in [1.29, 1.82) is 0 Å². The topological polar surface area (TPSA) is 83.8 Å². The largest absolute Gasteiger partial charge is 0.324 e. The van der Waals surface area contributed by atoms with Gasteiger partial charge in [-0.3, -0.25) is 9.89 Å². The molecule has 1 heterocycles. The van der Waals surface area contributed by atoms with Crippen LogP contribution < -0.4 is 11.1 Å². The fraction of sp³-hybridized carbons (Fsp3) is 0.250. The Labute approximate surface area is 127 Å². The zero-order valence-electron chi connectivity index (χ0n) is 11.9. The number of hydrogen-bond donors (Lipinski definition) is 3. The van der Waals surface area contributed by atoms with Gasteiger partial charge in [0, 0.05) is 18.0 Å². The van der Waals surface area contributed by atoms with Crippen molar-refractivity contribution in [2.24, 2.45) is 11.7 Å². The summed E-state index contributed by atoms with van der Waals surface area (Å²) >= 11 is 0. The molecule has 0 saturated carbocycles. The summed E-state index contributed by atoms with van der Waals surface area (Å²) in [5, 5.41) is 9.41. The number of aromatic nitrogens is 2. The van der Waals surface area contributed by atoms with Crippen LogP contribution in [0.25, 0.3) is 11.3 Å². The van der Waals surface area contributed by atoms with Crippen LogP contribution in [-0.2, 0) is 4.79 Å². The van der Waals surface area contributed by atoms with Crippen LogP contribution in [-0.4, -0.2) is 22.1 Å². The van der Waals surface area contributed by atoms with Gasteiger partial charge in [0.2, 0.25) is 5.91 Å². The van der Waals surface area contributed by atoms with Gasteiger partial charge in [0.25, 0.3) is 0 Å². The lowest BCUT2D eigenvalue weighted by Crippen LogP contribution is -2.19. The minimum absolute atomic E-state index is 0.0284. The molecule has 0 spiro atoms. The van der Waals surface area contributed by atoms with E-state index in [2.05, 4.69) is 15.5 Å². The summed E-state index contributed by atoms with van der Waals surface area (Å²) in [6.07, 6.45) is 6.50. The van der Waals surface area contributed by atoms with Gasteiger partial charge in [-0.25, -0.2) is 4.39 Å². The summed E-state index contributed by atoms with van der Waals surface area (Å²) in [6, 6.07) is 6.38. The number of carbonyl (C=O) groups is 1. The van der Waals surface area contributed by atoms with E-state index >= 15 is 0 Å². The molecule has 3 rings (SSSR count). The zero-order valence-corrected chi connectivity index (χ0v) is 11.9. The highest BCUT2D eigenvalue weighted by Crippen LogP contribution is 2.28. The molecule has 0 unspecified atom stereocenters. The van der Waals surface area contributed by atoms with E-state index in [0.29, 0.717) is 23.4 Å². The molecule has 5 nitrogen and oxygen atoms in total. The second-order valence-corrected chi connectivity index (χ2v) is 5.44. The molecule has 0 fully saturated rings. The third-order valence-electron chi connectivity index (χ3n) is 3.71. The Hall–Kier alpha value is -2.47. The fourth-order valence-corrected chi connectivity index (χ4v) is 2.65. The van der Waals surface area contributed by atoms with E-state index in [1.165, 1.54) is 12.3 Å². The number of rotatable bonds is 4. The molecule has 22 heavy (non-hydrogen) atoms. The highest BCUT2D eigenvalue weighted by atomic mass is 19.1. The Morgan fingerprint density at radius 2 is 2.23 bits per heavy atom. The van der Waals surface area contributed by atoms with Gasteiger partial charge in [0.15, 0.2) is 0 Å². The lowest BCUT2D eigenvalue weighted by molar-refractivity contribution is -0.116. The second-order valence-electron chi connectivity index (χ2n) is 5.44. The Kier molecular flexibility index (Phi) is 4.02. The average molecular weight is 300 g/mol. The van der Waals surface area contributed by atoms with E-state index in [1.807, 2.05) is 12.2 Å². The number of nitrogens with two attached hydrogens (primary N) is 1. The first-order valence-corrected chi connectivity index (χ1v) is 7.15. The highest BCUT2D eigenvalue weighted by Gasteiger charge is 2.20. The van der Waals surface area contributed by atoms with Crippen LogP contribution >= 0.6 is 0 Å². The molecular weight excluding hydrogens is 283 g/mol. The smallest absolute Gasteiger partial charge is 0.225 e. The van der Waals surface area contributed by atoms with Crippen LogP contribution in [0.3, 0.4) is 0 Å². The third kappa shape index (κ3) is 3.07. The summed E-state index contributed by atoms with van der Waals surface area (Å²) in [4.78, 5) is 12.1. The molecule has 0 radical (unpaired) electrons. The summed E-state index contributed by atoms with van der Waals surface area (Å²) in [7, 11) is 0. The number of aromatic amines is 1. The van der Waals surface area contributed by atoms with E-state index in [1.54, 1.807) is 18.2 Å². The molecule has 1 aliphatic rings. The lowest BCUT2D eigenvalue weighted by atomic mass is 10.0. The highest BCUT2D eigenvalue weighted by molar-refractivity contribution is 5.94. The van der Waals surface area contributed by atoms with E-state index in [-0.39, 0.29) is 23.7 Å². The number of nitrogens with zero attached hydrogens (tertiary/aromatic N) is 1. The molecule has 4 N–H and O–H groups in total. The predicted octanol–water partition coefficient (Wildman–Crippen LogP) is 2.45. The van der Waals surface area contributed by atoms with Crippen LogP contribution in [0.5, 0.6) is 0 Å². The number of halogens is 1. The first-order chi connectivity index (χ1) is 10.6. The molecule has 6 heteroatoms. The Morgan fingerprint density at radius 1 is 1.41 bits per heavy atom. The van der Waals surface area contributed by atoms with Crippen molar-refractivity contribution in [3.8, 4) is 11.3 Å². The molecule has 1 aliphatic carbocycles. The summed E-state index contributed by atoms with van der Waals surface area (Å²) in [6.45, 7) is 0. The molecule has 0 bridgehead atoms. The number of anilines is 1. The number of amides is 1. The zero-order chi connectivity index (χ0) is 15.5. The van der Waals surface area contributed by atoms with Gasteiger partial charge in [-0.2, -0.15) is 5.10 Å².